The number of anilines is 3. The Morgan fingerprint density at radius 2 is 1.06 bits per heavy atom. The van der Waals surface area contributed by atoms with E-state index in [2.05, 4.69) is 176 Å². The molecule has 0 unspecified atom stereocenters. The predicted octanol–water partition coefficient (Wildman–Crippen LogP) is 13.3. The minimum atomic E-state index is -0.109. The van der Waals surface area contributed by atoms with Gasteiger partial charge in [0.05, 0.1) is 5.69 Å². The molecule has 49 heavy (non-hydrogen) atoms. The minimum Gasteiger partial charge on any atom is -0.454 e. The Balaban J connectivity index is 1.19. The molecule has 0 bridgehead atoms. The number of hydrogen-bond donors (Lipinski definition) is 0. The van der Waals surface area contributed by atoms with E-state index in [9.17, 15) is 0 Å². The topological polar surface area (TPSA) is 16.4 Å². The van der Waals surface area contributed by atoms with Gasteiger partial charge in [-0.1, -0.05) is 117 Å². The summed E-state index contributed by atoms with van der Waals surface area (Å²) in [6, 6.07) is 59.4. The number of fused-ring (bicyclic) bond motifs is 8. The van der Waals surface area contributed by atoms with Gasteiger partial charge in [0.1, 0.15) is 5.58 Å². The standard InChI is InChI=1S/C47H33NO/c1-47(2)42-28-33-15-7-6-14-32(33)26-40(42)41-27-34-22-23-37(25-35(34)29-43(41)47)48(36-17-10-16-31(24-36)30-12-4-3-5-13-30)44-20-11-19-39-38-18-8-9-21-45(38)49-46(39)44/h3-29H,1-2H3. The summed E-state index contributed by atoms with van der Waals surface area (Å²) in [4.78, 5) is 2.36. The number of hydrogen-bond acceptors (Lipinski definition) is 2. The van der Waals surface area contributed by atoms with Crippen molar-refractivity contribution in [2.24, 2.45) is 0 Å². The van der Waals surface area contributed by atoms with Crippen LogP contribution in [0.1, 0.15) is 25.0 Å². The summed E-state index contributed by atoms with van der Waals surface area (Å²) >= 11 is 0. The number of para-hydroxylation sites is 2. The molecule has 1 heterocycles. The molecule has 8 aromatic carbocycles. The summed E-state index contributed by atoms with van der Waals surface area (Å²) in [6.07, 6.45) is 0. The van der Waals surface area contributed by atoms with Crippen molar-refractivity contribution in [3.63, 3.8) is 0 Å². The van der Waals surface area contributed by atoms with Crippen LogP contribution in [0.2, 0.25) is 0 Å². The maximum atomic E-state index is 6.62. The number of benzene rings is 8. The second kappa shape index (κ2) is 10.4. The fraction of sp³-hybridized carbons (Fsp3) is 0.0638. The zero-order valence-corrected chi connectivity index (χ0v) is 27.4. The van der Waals surface area contributed by atoms with Gasteiger partial charge in [-0.25, -0.2) is 0 Å². The van der Waals surface area contributed by atoms with E-state index in [1.54, 1.807) is 0 Å². The molecule has 1 aromatic heterocycles. The SMILES string of the molecule is CC1(C)c2cc3ccccc3cc2-c2cc3ccc(N(c4cccc(-c5ccccc5)c4)c4cccc5c4oc4ccccc45)cc3cc21. The average molecular weight is 628 g/mol. The van der Waals surface area contributed by atoms with Crippen LogP contribution in [0.15, 0.2) is 168 Å². The van der Waals surface area contributed by atoms with Gasteiger partial charge in [-0.3, -0.25) is 0 Å². The van der Waals surface area contributed by atoms with E-state index in [4.69, 9.17) is 4.42 Å². The van der Waals surface area contributed by atoms with Crippen molar-refractivity contribution in [1.29, 1.82) is 0 Å². The van der Waals surface area contributed by atoms with E-state index in [1.807, 2.05) is 6.07 Å². The molecule has 0 aliphatic heterocycles. The molecule has 0 spiro atoms. The molecule has 232 valence electrons. The van der Waals surface area contributed by atoms with Crippen LogP contribution in [0.5, 0.6) is 0 Å². The van der Waals surface area contributed by atoms with Crippen LogP contribution in [0.3, 0.4) is 0 Å². The highest BCUT2D eigenvalue weighted by Crippen LogP contribution is 2.52. The van der Waals surface area contributed by atoms with Crippen molar-refractivity contribution < 1.29 is 4.42 Å². The zero-order chi connectivity index (χ0) is 32.7. The number of furan rings is 1. The number of nitrogens with zero attached hydrogens (tertiary/aromatic N) is 1. The summed E-state index contributed by atoms with van der Waals surface area (Å²) in [5.74, 6) is 0. The Bertz CT molecular complexity index is 2750. The molecular formula is C47H33NO. The molecule has 2 nitrogen and oxygen atoms in total. The molecule has 0 fully saturated rings. The second-order valence-electron chi connectivity index (χ2n) is 13.8. The highest BCUT2D eigenvalue weighted by atomic mass is 16.3. The second-order valence-corrected chi connectivity index (χ2v) is 13.8. The fourth-order valence-corrected chi connectivity index (χ4v) is 8.08. The molecule has 0 amide bonds. The van der Waals surface area contributed by atoms with Gasteiger partial charge in [0, 0.05) is 27.6 Å². The first-order chi connectivity index (χ1) is 24.0. The largest absolute Gasteiger partial charge is 0.454 e. The summed E-state index contributed by atoms with van der Waals surface area (Å²) < 4.78 is 6.62. The van der Waals surface area contributed by atoms with Gasteiger partial charge in [-0.15, -0.1) is 0 Å². The third-order valence-corrected chi connectivity index (χ3v) is 10.6. The molecule has 0 N–H and O–H groups in total. The summed E-state index contributed by atoms with van der Waals surface area (Å²) in [5, 5.41) is 7.28. The van der Waals surface area contributed by atoms with Gasteiger partial charge in [-0.05, 0) is 116 Å². The van der Waals surface area contributed by atoms with E-state index in [-0.39, 0.29) is 5.41 Å². The Morgan fingerprint density at radius 3 is 1.88 bits per heavy atom. The normalized spacial score (nSPS) is 13.3. The van der Waals surface area contributed by atoms with Gasteiger partial charge in [0.25, 0.3) is 0 Å². The highest BCUT2D eigenvalue weighted by Gasteiger charge is 2.36. The van der Waals surface area contributed by atoms with Gasteiger partial charge in [0.2, 0.25) is 0 Å². The third-order valence-electron chi connectivity index (χ3n) is 10.6. The van der Waals surface area contributed by atoms with E-state index in [0.29, 0.717) is 0 Å². The molecule has 0 saturated heterocycles. The quantitative estimate of drug-likeness (QED) is 0.193. The average Bonchev–Trinajstić information content (AvgIpc) is 3.63. The lowest BCUT2D eigenvalue weighted by Crippen LogP contribution is -2.15. The Hall–Kier alpha value is -6.12. The van der Waals surface area contributed by atoms with Crippen LogP contribution < -0.4 is 4.90 Å². The minimum absolute atomic E-state index is 0.109. The van der Waals surface area contributed by atoms with E-state index in [0.717, 1.165) is 39.0 Å². The lowest BCUT2D eigenvalue weighted by molar-refractivity contribution is 0.662. The fourth-order valence-electron chi connectivity index (χ4n) is 8.08. The van der Waals surface area contributed by atoms with Crippen LogP contribution >= 0.6 is 0 Å². The molecule has 1 aliphatic carbocycles. The first kappa shape index (κ1) is 27.9. The summed E-state index contributed by atoms with van der Waals surface area (Å²) in [6.45, 7) is 4.73. The van der Waals surface area contributed by atoms with Crippen LogP contribution in [0, 0.1) is 0 Å². The molecule has 2 heteroatoms. The van der Waals surface area contributed by atoms with Crippen LogP contribution in [0.25, 0.3) is 65.7 Å². The van der Waals surface area contributed by atoms with E-state index < -0.39 is 0 Å². The third kappa shape index (κ3) is 4.27. The highest BCUT2D eigenvalue weighted by molar-refractivity contribution is 6.10. The van der Waals surface area contributed by atoms with Gasteiger partial charge in [0.15, 0.2) is 5.58 Å². The van der Waals surface area contributed by atoms with Gasteiger partial charge in [-0.2, -0.15) is 0 Å². The van der Waals surface area contributed by atoms with Crippen molar-refractivity contribution >= 4 is 60.5 Å². The molecular weight excluding hydrogens is 595 g/mol. The van der Waals surface area contributed by atoms with Crippen molar-refractivity contribution in [3.8, 4) is 22.3 Å². The van der Waals surface area contributed by atoms with Gasteiger partial charge < -0.3 is 9.32 Å². The molecule has 0 atom stereocenters. The van der Waals surface area contributed by atoms with Crippen molar-refractivity contribution in [3.05, 3.63) is 175 Å². The Labute approximate surface area is 285 Å². The monoisotopic (exact) mass is 627 g/mol. The zero-order valence-electron chi connectivity index (χ0n) is 27.4. The van der Waals surface area contributed by atoms with Crippen LogP contribution in [0.4, 0.5) is 17.1 Å². The smallest absolute Gasteiger partial charge is 0.159 e. The van der Waals surface area contributed by atoms with Gasteiger partial charge >= 0.3 is 0 Å². The summed E-state index contributed by atoms with van der Waals surface area (Å²) in [7, 11) is 0. The summed E-state index contributed by atoms with van der Waals surface area (Å²) in [5.41, 5.74) is 12.7. The first-order valence-corrected chi connectivity index (χ1v) is 17.0. The first-order valence-electron chi connectivity index (χ1n) is 17.0. The van der Waals surface area contributed by atoms with Crippen molar-refractivity contribution in [1.82, 2.24) is 0 Å². The van der Waals surface area contributed by atoms with E-state index in [1.165, 1.54) is 54.9 Å². The molecule has 0 saturated carbocycles. The lowest BCUT2D eigenvalue weighted by atomic mass is 9.81. The Kier molecular flexibility index (Phi) is 5.95. The Morgan fingerprint density at radius 1 is 0.449 bits per heavy atom. The van der Waals surface area contributed by atoms with Crippen molar-refractivity contribution in [2.45, 2.75) is 19.3 Å². The van der Waals surface area contributed by atoms with Crippen LogP contribution in [-0.4, -0.2) is 0 Å². The molecule has 9 aromatic rings. The molecule has 10 rings (SSSR count). The molecule has 0 radical (unpaired) electrons. The maximum absolute atomic E-state index is 6.62. The lowest BCUT2D eigenvalue weighted by Gasteiger charge is -2.27. The van der Waals surface area contributed by atoms with E-state index >= 15 is 0 Å². The maximum Gasteiger partial charge on any atom is 0.159 e. The predicted molar refractivity (Wildman–Crippen MR) is 206 cm³/mol. The van der Waals surface area contributed by atoms with Crippen LogP contribution in [-0.2, 0) is 5.41 Å². The molecule has 1 aliphatic rings. The number of rotatable bonds is 4. The van der Waals surface area contributed by atoms with Crippen molar-refractivity contribution in [2.75, 3.05) is 4.90 Å².